The van der Waals surface area contributed by atoms with Crippen LogP contribution in [-0.2, 0) is 19.1 Å². The van der Waals surface area contributed by atoms with Crippen LogP contribution in [0, 0.1) is 5.92 Å². The molecular weight excluding hydrogens is 416 g/mol. The van der Waals surface area contributed by atoms with E-state index >= 15 is 0 Å². The fraction of sp³-hybridized carbons (Fsp3) is 0.857. The molecule has 0 aliphatic heterocycles. The van der Waals surface area contributed by atoms with Crippen molar-refractivity contribution in [2.45, 2.75) is 136 Å². The molecule has 0 aliphatic carbocycles. The van der Waals surface area contributed by atoms with Gasteiger partial charge >= 0.3 is 11.9 Å². The van der Waals surface area contributed by atoms with Gasteiger partial charge in [0, 0.05) is 12.3 Å². The van der Waals surface area contributed by atoms with E-state index in [2.05, 4.69) is 13.0 Å². The summed E-state index contributed by atoms with van der Waals surface area (Å²) < 4.78 is 9.97. The third kappa shape index (κ3) is 19.8. The van der Waals surface area contributed by atoms with Crippen LogP contribution in [0.2, 0.25) is 0 Å². The first-order valence-corrected chi connectivity index (χ1v) is 13.7. The molecule has 0 saturated heterocycles. The zero-order valence-electron chi connectivity index (χ0n) is 21.8. The molecule has 2 unspecified atom stereocenters. The van der Waals surface area contributed by atoms with Gasteiger partial charge in [0.2, 0.25) is 0 Å². The summed E-state index contributed by atoms with van der Waals surface area (Å²) >= 11 is 0. The lowest BCUT2D eigenvalue weighted by atomic mass is 9.93. The number of aliphatic hydroxyl groups is 1. The maximum Gasteiger partial charge on any atom is 0.335 e. The minimum Gasteiger partial charge on any atom is -0.466 e. The Bertz CT molecular complexity index is 489. The Kier molecular flexibility index (Phi) is 22.8. The number of allylic oxidation sites excluding steroid dienone is 1. The lowest BCUT2D eigenvalue weighted by molar-refractivity contribution is -0.155. The van der Waals surface area contributed by atoms with Crippen LogP contribution < -0.4 is 0 Å². The number of rotatable bonds is 23. The molecule has 0 spiro atoms. The highest BCUT2D eigenvalue weighted by molar-refractivity contribution is 5.75. The van der Waals surface area contributed by atoms with Gasteiger partial charge in [0.25, 0.3) is 0 Å². The Labute approximate surface area is 203 Å². The molecule has 0 amide bonds. The topological polar surface area (TPSA) is 72.8 Å². The fourth-order valence-electron chi connectivity index (χ4n) is 4.02. The van der Waals surface area contributed by atoms with Gasteiger partial charge in [-0.2, -0.15) is 0 Å². The summed E-state index contributed by atoms with van der Waals surface area (Å²) in [7, 11) is 0. The van der Waals surface area contributed by atoms with Crippen LogP contribution >= 0.6 is 0 Å². The minimum atomic E-state index is -1.05. The van der Waals surface area contributed by atoms with Crippen molar-refractivity contribution in [3.8, 4) is 0 Å². The highest BCUT2D eigenvalue weighted by Gasteiger charge is 2.24. The highest BCUT2D eigenvalue weighted by Crippen LogP contribution is 2.19. The van der Waals surface area contributed by atoms with Crippen LogP contribution in [-0.4, -0.2) is 36.4 Å². The summed E-state index contributed by atoms with van der Waals surface area (Å²) in [5.41, 5.74) is 0. The molecule has 33 heavy (non-hydrogen) atoms. The second kappa shape index (κ2) is 23.8. The lowest BCUT2D eigenvalue weighted by Crippen LogP contribution is -2.30. The number of ether oxygens (including phenoxy) is 2. The Morgan fingerprint density at radius 2 is 1.27 bits per heavy atom. The van der Waals surface area contributed by atoms with Crippen LogP contribution in [0.15, 0.2) is 12.2 Å². The number of carbonyl (C=O) groups is 2. The Morgan fingerprint density at radius 1 is 0.727 bits per heavy atom. The Hall–Kier alpha value is -1.36. The quantitative estimate of drug-likeness (QED) is 0.0967. The standard InChI is InChI=1S/C28H52O5/c1-4-7-8-9-16-19-22-25(27(30)28(31)33-6-3)23-20-17-14-12-10-11-13-15-18-21-24-26(29)32-5-2/h20,23,25,27,30H,4-19,21-22,24H2,1-3H3/b23-20+. The van der Waals surface area contributed by atoms with Crippen molar-refractivity contribution < 1.29 is 24.2 Å². The summed E-state index contributed by atoms with van der Waals surface area (Å²) in [6, 6.07) is 0. The van der Waals surface area contributed by atoms with Gasteiger partial charge in [-0.25, -0.2) is 4.79 Å². The first-order valence-electron chi connectivity index (χ1n) is 13.7. The molecule has 0 bridgehead atoms. The van der Waals surface area contributed by atoms with Gasteiger partial charge in [0.05, 0.1) is 13.2 Å². The first-order chi connectivity index (χ1) is 16.1. The Morgan fingerprint density at radius 3 is 1.88 bits per heavy atom. The fourth-order valence-corrected chi connectivity index (χ4v) is 4.02. The van der Waals surface area contributed by atoms with Gasteiger partial charge < -0.3 is 14.6 Å². The zero-order valence-corrected chi connectivity index (χ0v) is 21.8. The minimum absolute atomic E-state index is 0.0745. The van der Waals surface area contributed by atoms with Crippen LogP contribution in [0.3, 0.4) is 0 Å². The van der Waals surface area contributed by atoms with Gasteiger partial charge in [-0.3, -0.25) is 4.79 Å². The molecule has 2 atom stereocenters. The van der Waals surface area contributed by atoms with Crippen molar-refractivity contribution in [1.82, 2.24) is 0 Å². The van der Waals surface area contributed by atoms with E-state index < -0.39 is 12.1 Å². The van der Waals surface area contributed by atoms with Gasteiger partial charge in [0.15, 0.2) is 6.10 Å². The normalized spacial score (nSPS) is 13.2. The summed E-state index contributed by atoms with van der Waals surface area (Å²) in [6.45, 7) is 6.60. The number of hydrogen-bond acceptors (Lipinski definition) is 5. The van der Waals surface area contributed by atoms with E-state index in [-0.39, 0.29) is 11.9 Å². The average molecular weight is 469 g/mol. The van der Waals surface area contributed by atoms with Crippen molar-refractivity contribution in [2.24, 2.45) is 5.92 Å². The van der Waals surface area contributed by atoms with Crippen LogP contribution in [0.5, 0.6) is 0 Å². The molecule has 0 fully saturated rings. The number of hydrogen-bond donors (Lipinski definition) is 1. The largest absolute Gasteiger partial charge is 0.466 e. The van der Waals surface area contributed by atoms with Crippen LogP contribution in [0.1, 0.15) is 130 Å². The van der Waals surface area contributed by atoms with Crippen molar-refractivity contribution in [1.29, 1.82) is 0 Å². The molecule has 0 saturated carbocycles. The number of unbranched alkanes of at least 4 members (excludes halogenated alkanes) is 13. The summed E-state index contributed by atoms with van der Waals surface area (Å²) in [5.74, 6) is -0.722. The van der Waals surface area contributed by atoms with E-state index in [9.17, 15) is 14.7 Å². The molecular formula is C28H52O5. The lowest BCUT2D eigenvalue weighted by Gasteiger charge is -2.18. The van der Waals surface area contributed by atoms with E-state index in [1.54, 1.807) is 6.92 Å². The number of aliphatic hydroxyl groups excluding tert-OH is 1. The van der Waals surface area contributed by atoms with Crippen molar-refractivity contribution in [2.75, 3.05) is 13.2 Å². The van der Waals surface area contributed by atoms with Crippen molar-refractivity contribution in [3.05, 3.63) is 12.2 Å². The molecule has 0 rings (SSSR count). The van der Waals surface area contributed by atoms with E-state index in [0.29, 0.717) is 19.6 Å². The molecule has 0 aliphatic rings. The van der Waals surface area contributed by atoms with Crippen molar-refractivity contribution in [3.63, 3.8) is 0 Å². The van der Waals surface area contributed by atoms with Gasteiger partial charge in [-0.15, -0.1) is 0 Å². The molecule has 0 heterocycles. The monoisotopic (exact) mass is 468 g/mol. The first kappa shape index (κ1) is 31.6. The van der Waals surface area contributed by atoms with E-state index in [1.165, 1.54) is 57.8 Å². The molecule has 194 valence electrons. The van der Waals surface area contributed by atoms with Crippen LogP contribution in [0.4, 0.5) is 0 Å². The second-order valence-electron chi connectivity index (χ2n) is 9.02. The van der Waals surface area contributed by atoms with Gasteiger partial charge in [0.1, 0.15) is 0 Å². The van der Waals surface area contributed by atoms with Crippen LogP contribution in [0.25, 0.3) is 0 Å². The zero-order chi connectivity index (χ0) is 24.6. The van der Waals surface area contributed by atoms with E-state index in [0.717, 1.165) is 44.9 Å². The summed E-state index contributed by atoms with van der Waals surface area (Å²) in [4.78, 5) is 23.3. The maximum absolute atomic E-state index is 12.0. The summed E-state index contributed by atoms with van der Waals surface area (Å²) in [5, 5.41) is 10.4. The smallest absolute Gasteiger partial charge is 0.335 e. The molecule has 5 nitrogen and oxygen atoms in total. The van der Waals surface area contributed by atoms with E-state index in [4.69, 9.17) is 9.47 Å². The predicted molar refractivity (Wildman–Crippen MR) is 136 cm³/mol. The molecule has 5 heteroatoms. The predicted octanol–water partition coefficient (Wildman–Crippen LogP) is 7.30. The number of carbonyl (C=O) groups excluding carboxylic acids is 2. The second-order valence-corrected chi connectivity index (χ2v) is 9.02. The van der Waals surface area contributed by atoms with Crippen molar-refractivity contribution >= 4 is 11.9 Å². The van der Waals surface area contributed by atoms with Gasteiger partial charge in [-0.05, 0) is 39.5 Å². The molecule has 0 aromatic carbocycles. The molecule has 0 aromatic heterocycles. The molecule has 1 N–H and O–H groups in total. The van der Waals surface area contributed by atoms with Gasteiger partial charge in [-0.1, -0.05) is 96.1 Å². The Balaban J connectivity index is 3.98. The molecule has 0 aromatic rings. The SMILES string of the molecule is CCCCCCCCC(/C=C/CCCCCCCCCCC(=O)OCC)C(O)C(=O)OCC. The maximum atomic E-state index is 12.0. The third-order valence-electron chi connectivity index (χ3n) is 6.01. The highest BCUT2D eigenvalue weighted by atomic mass is 16.5. The molecule has 0 radical (unpaired) electrons. The van der Waals surface area contributed by atoms with E-state index in [1.807, 2.05) is 13.0 Å². The third-order valence-corrected chi connectivity index (χ3v) is 6.01. The average Bonchev–Trinajstić information content (AvgIpc) is 2.80. The summed E-state index contributed by atoms with van der Waals surface area (Å²) in [6.07, 6.45) is 22.0. The number of esters is 2.